The zero-order chi connectivity index (χ0) is 10.4. The maximum Gasteiger partial charge on any atom is 0.0319 e. The predicted molar refractivity (Wildman–Crippen MR) is 56.3 cm³/mol. The molecule has 0 bridgehead atoms. The fourth-order valence-corrected chi connectivity index (χ4v) is 0.750. The summed E-state index contributed by atoms with van der Waals surface area (Å²) in [4.78, 5) is 0. The second kappa shape index (κ2) is 5.58. The van der Waals surface area contributed by atoms with Crippen molar-refractivity contribution in [1.29, 1.82) is 0 Å². The number of rotatable bonds is 1. The number of hydrogen-bond acceptors (Lipinski definition) is 1. The highest BCUT2D eigenvalue weighted by atomic mass is 16.2. The van der Waals surface area contributed by atoms with Gasteiger partial charge in [-0.15, -0.1) is 0 Å². The van der Waals surface area contributed by atoms with Crippen molar-refractivity contribution in [3.63, 3.8) is 0 Å². The van der Waals surface area contributed by atoms with Crippen LogP contribution in [0.2, 0.25) is 0 Å². The van der Waals surface area contributed by atoms with Gasteiger partial charge in [0.25, 0.3) is 0 Å². The van der Waals surface area contributed by atoms with Crippen LogP contribution in [0.25, 0.3) is 0 Å². The molecule has 0 unspecified atom stereocenters. The molecule has 0 fully saturated rings. The predicted octanol–water partition coefficient (Wildman–Crippen LogP) is 3.47. The largest absolute Gasteiger partial charge is 0.400 e. The van der Waals surface area contributed by atoms with E-state index in [1.165, 1.54) is 12.8 Å². The van der Waals surface area contributed by atoms with Gasteiger partial charge in [0.15, 0.2) is 0 Å². The van der Waals surface area contributed by atoms with E-state index in [0.717, 1.165) is 7.11 Å². The van der Waals surface area contributed by atoms with Crippen molar-refractivity contribution >= 4 is 0 Å². The fourth-order valence-electron chi connectivity index (χ4n) is 0.750. The number of aliphatic hydroxyl groups is 1. The SMILES string of the molecule is CC(C)(C)CCC(C)(C)C.CO. The van der Waals surface area contributed by atoms with Crippen LogP contribution in [0.1, 0.15) is 54.4 Å². The van der Waals surface area contributed by atoms with Crippen LogP contribution in [0.5, 0.6) is 0 Å². The second-order valence-corrected chi connectivity index (χ2v) is 5.62. The van der Waals surface area contributed by atoms with Gasteiger partial charge in [0.1, 0.15) is 0 Å². The minimum atomic E-state index is 0.507. The standard InChI is InChI=1S/C10H22.CH4O/c1-9(2,3)7-8-10(4,5)6;1-2/h7-8H2,1-6H3;2H,1H3. The lowest BCUT2D eigenvalue weighted by Crippen LogP contribution is -2.12. The summed E-state index contributed by atoms with van der Waals surface area (Å²) in [6, 6.07) is 0. The summed E-state index contributed by atoms with van der Waals surface area (Å²) >= 11 is 0. The molecule has 0 saturated carbocycles. The molecule has 0 amide bonds. The van der Waals surface area contributed by atoms with E-state index < -0.39 is 0 Å². The van der Waals surface area contributed by atoms with Gasteiger partial charge >= 0.3 is 0 Å². The molecule has 12 heavy (non-hydrogen) atoms. The Morgan fingerprint density at radius 3 is 0.917 bits per heavy atom. The van der Waals surface area contributed by atoms with E-state index in [0.29, 0.717) is 10.8 Å². The molecule has 1 nitrogen and oxygen atoms in total. The van der Waals surface area contributed by atoms with E-state index in [-0.39, 0.29) is 0 Å². The lowest BCUT2D eigenvalue weighted by Gasteiger charge is -2.24. The van der Waals surface area contributed by atoms with Gasteiger partial charge in [-0.05, 0) is 23.7 Å². The summed E-state index contributed by atoms with van der Waals surface area (Å²) in [6.07, 6.45) is 2.66. The molecule has 0 heterocycles. The third-order valence-electron chi connectivity index (χ3n) is 1.62. The Bertz CT molecular complexity index is 78.6. The van der Waals surface area contributed by atoms with Crippen molar-refractivity contribution in [2.75, 3.05) is 7.11 Å². The highest BCUT2D eigenvalue weighted by Gasteiger charge is 2.16. The molecule has 0 saturated heterocycles. The van der Waals surface area contributed by atoms with E-state index in [4.69, 9.17) is 5.11 Å². The Kier molecular flexibility index (Phi) is 6.73. The molecular weight excluding hydrogens is 148 g/mol. The quantitative estimate of drug-likeness (QED) is 0.645. The van der Waals surface area contributed by atoms with Gasteiger partial charge < -0.3 is 5.11 Å². The highest BCUT2D eigenvalue weighted by Crippen LogP contribution is 2.29. The molecule has 0 aromatic carbocycles. The third-order valence-corrected chi connectivity index (χ3v) is 1.62. The van der Waals surface area contributed by atoms with Crippen molar-refractivity contribution in [1.82, 2.24) is 0 Å². The van der Waals surface area contributed by atoms with E-state index >= 15 is 0 Å². The van der Waals surface area contributed by atoms with E-state index in [9.17, 15) is 0 Å². The Balaban J connectivity index is 0. The minimum Gasteiger partial charge on any atom is -0.400 e. The van der Waals surface area contributed by atoms with Crippen LogP contribution in [0.4, 0.5) is 0 Å². The van der Waals surface area contributed by atoms with Gasteiger partial charge in [0.2, 0.25) is 0 Å². The van der Waals surface area contributed by atoms with Gasteiger partial charge in [-0.1, -0.05) is 41.5 Å². The number of aliphatic hydroxyl groups excluding tert-OH is 1. The lowest BCUT2D eigenvalue weighted by atomic mass is 9.81. The van der Waals surface area contributed by atoms with Crippen LogP contribution < -0.4 is 0 Å². The average molecular weight is 174 g/mol. The molecule has 0 aliphatic rings. The Morgan fingerprint density at radius 2 is 0.833 bits per heavy atom. The van der Waals surface area contributed by atoms with Crippen LogP contribution in [-0.2, 0) is 0 Å². The lowest BCUT2D eigenvalue weighted by molar-refractivity contribution is 0.275. The average Bonchev–Trinajstić information content (AvgIpc) is 1.86. The van der Waals surface area contributed by atoms with Crippen LogP contribution in [0.15, 0.2) is 0 Å². The van der Waals surface area contributed by atoms with E-state index in [1.54, 1.807) is 0 Å². The fraction of sp³-hybridized carbons (Fsp3) is 1.00. The first-order valence-electron chi connectivity index (χ1n) is 4.65. The van der Waals surface area contributed by atoms with Gasteiger partial charge in [0, 0.05) is 7.11 Å². The molecule has 0 aromatic heterocycles. The van der Waals surface area contributed by atoms with Crippen molar-refractivity contribution in [3.8, 4) is 0 Å². The van der Waals surface area contributed by atoms with Crippen molar-refractivity contribution in [2.24, 2.45) is 10.8 Å². The molecule has 0 aliphatic heterocycles. The summed E-state index contributed by atoms with van der Waals surface area (Å²) in [6.45, 7) is 13.8. The van der Waals surface area contributed by atoms with Gasteiger partial charge in [-0.25, -0.2) is 0 Å². The first-order valence-corrected chi connectivity index (χ1v) is 4.65. The zero-order valence-electron chi connectivity index (χ0n) is 9.86. The summed E-state index contributed by atoms with van der Waals surface area (Å²) < 4.78 is 0. The maximum atomic E-state index is 7.00. The van der Waals surface area contributed by atoms with E-state index in [2.05, 4.69) is 41.5 Å². The first kappa shape index (κ1) is 14.5. The van der Waals surface area contributed by atoms with Crippen molar-refractivity contribution < 1.29 is 5.11 Å². The minimum absolute atomic E-state index is 0.507. The molecule has 0 aliphatic carbocycles. The van der Waals surface area contributed by atoms with Crippen LogP contribution in [0.3, 0.4) is 0 Å². The normalized spacial score (nSPS) is 12.0. The van der Waals surface area contributed by atoms with Crippen molar-refractivity contribution in [3.05, 3.63) is 0 Å². The Hall–Kier alpha value is -0.0400. The molecule has 0 spiro atoms. The Morgan fingerprint density at radius 1 is 0.667 bits per heavy atom. The summed E-state index contributed by atoms with van der Waals surface area (Å²) in [5, 5.41) is 7.00. The summed E-state index contributed by atoms with van der Waals surface area (Å²) in [5.41, 5.74) is 1.01. The van der Waals surface area contributed by atoms with Gasteiger partial charge in [-0.2, -0.15) is 0 Å². The molecule has 1 heteroatoms. The molecular formula is C11H26O. The summed E-state index contributed by atoms with van der Waals surface area (Å²) in [7, 11) is 1.00. The molecule has 76 valence electrons. The van der Waals surface area contributed by atoms with Gasteiger partial charge in [0.05, 0.1) is 0 Å². The van der Waals surface area contributed by atoms with Crippen LogP contribution in [0, 0.1) is 10.8 Å². The zero-order valence-corrected chi connectivity index (χ0v) is 9.86. The first-order chi connectivity index (χ1) is 5.21. The van der Waals surface area contributed by atoms with Crippen LogP contribution >= 0.6 is 0 Å². The third kappa shape index (κ3) is 16.5. The second-order valence-electron chi connectivity index (χ2n) is 5.62. The summed E-state index contributed by atoms with van der Waals surface area (Å²) in [5.74, 6) is 0. The molecule has 1 N–H and O–H groups in total. The molecule has 0 atom stereocenters. The monoisotopic (exact) mass is 174 g/mol. The van der Waals surface area contributed by atoms with Crippen molar-refractivity contribution in [2.45, 2.75) is 54.4 Å². The Labute approximate surface area is 78.2 Å². The highest BCUT2D eigenvalue weighted by molar-refractivity contribution is 4.68. The molecule has 0 radical (unpaired) electrons. The smallest absolute Gasteiger partial charge is 0.0319 e. The maximum absolute atomic E-state index is 7.00. The molecule has 0 aromatic rings. The van der Waals surface area contributed by atoms with Gasteiger partial charge in [-0.3, -0.25) is 0 Å². The number of hydrogen-bond donors (Lipinski definition) is 1. The van der Waals surface area contributed by atoms with E-state index in [1.807, 2.05) is 0 Å². The molecule has 0 rings (SSSR count). The van der Waals surface area contributed by atoms with Crippen LogP contribution in [-0.4, -0.2) is 12.2 Å². The topological polar surface area (TPSA) is 20.2 Å².